The van der Waals surface area contributed by atoms with Crippen LogP contribution in [0, 0.1) is 0 Å². The van der Waals surface area contributed by atoms with Crippen molar-refractivity contribution in [3.05, 3.63) is 35.9 Å². The fraction of sp³-hybridized carbons (Fsp3) is 0.684. The minimum absolute atomic E-state index is 0.174. The zero-order chi connectivity index (χ0) is 15.3. The summed E-state index contributed by atoms with van der Waals surface area (Å²) in [5, 5.41) is 3.72. The fourth-order valence-corrected chi connectivity index (χ4v) is 2.84. The molecule has 0 saturated heterocycles. The highest BCUT2D eigenvalue weighted by Crippen LogP contribution is 2.34. The van der Waals surface area contributed by atoms with E-state index in [9.17, 15) is 0 Å². The molecule has 0 bridgehead atoms. The van der Waals surface area contributed by atoms with E-state index >= 15 is 0 Å². The average molecular weight is 288 g/mol. The summed E-state index contributed by atoms with van der Waals surface area (Å²) in [5.74, 6) is 0. The van der Waals surface area contributed by atoms with Gasteiger partial charge >= 0.3 is 0 Å². The van der Waals surface area contributed by atoms with Gasteiger partial charge < -0.3 is 5.32 Å². The Morgan fingerprint density at radius 1 is 1.19 bits per heavy atom. The van der Waals surface area contributed by atoms with E-state index in [1.54, 1.807) is 0 Å². The van der Waals surface area contributed by atoms with Gasteiger partial charge in [-0.3, -0.25) is 4.90 Å². The van der Waals surface area contributed by atoms with Crippen LogP contribution >= 0.6 is 0 Å². The van der Waals surface area contributed by atoms with Crippen molar-refractivity contribution in [1.82, 2.24) is 10.2 Å². The highest BCUT2D eigenvalue weighted by Gasteiger charge is 2.34. The molecule has 1 aliphatic carbocycles. The minimum Gasteiger partial charge on any atom is -0.310 e. The Hall–Kier alpha value is -0.860. The Kier molecular flexibility index (Phi) is 5.83. The van der Waals surface area contributed by atoms with Crippen molar-refractivity contribution < 1.29 is 0 Å². The van der Waals surface area contributed by atoms with Crippen molar-refractivity contribution in [1.29, 1.82) is 0 Å². The molecule has 2 nitrogen and oxygen atoms in total. The lowest BCUT2D eigenvalue weighted by Crippen LogP contribution is -2.44. The number of benzene rings is 1. The molecule has 1 saturated carbocycles. The Labute approximate surface area is 130 Å². The van der Waals surface area contributed by atoms with Crippen molar-refractivity contribution in [3.63, 3.8) is 0 Å². The molecule has 0 spiro atoms. The maximum Gasteiger partial charge on any atom is 0.0475 e. The van der Waals surface area contributed by atoms with Crippen LogP contribution in [0.2, 0.25) is 0 Å². The molecule has 1 atom stereocenters. The summed E-state index contributed by atoms with van der Waals surface area (Å²) in [6.45, 7) is 11.3. The van der Waals surface area contributed by atoms with Gasteiger partial charge in [-0.05, 0) is 52.1 Å². The first-order valence-corrected chi connectivity index (χ1v) is 8.57. The average Bonchev–Trinajstić information content (AvgIpc) is 3.27. The maximum absolute atomic E-state index is 3.72. The third kappa shape index (κ3) is 5.44. The first-order valence-electron chi connectivity index (χ1n) is 8.57. The molecule has 0 radical (unpaired) electrons. The number of unbranched alkanes of at least 4 members (excludes halogenated alkanes) is 1. The molecule has 0 amide bonds. The summed E-state index contributed by atoms with van der Waals surface area (Å²) >= 11 is 0. The summed E-state index contributed by atoms with van der Waals surface area (Å²) in [7, 11) is 0. The van der Waals surface area contributed by atoms with Crippen LogP contribution in [-0.2, 0) is 0 Å². The lowest BCUT2D eigenvalue weighted by atomic mass is 10.0. The van der Waals surface area contributed by atoms with Gasteiger partial charge in [0, 0.05) is 24.2 Å². The zero-order valence-corrected chi connectivity index (χ0v) is 14.2. The summed E-state index contributed by atoms with van der Waals surface area (Å²) in [6.07, 6.45) is 5.33. The lowest BCUT2D eigenvalue weighted by molar-refractivity contribution is 0.171. The van der Waals surface area contributed by atoms with Crippen molar-refractivity contribution in [3.8, 4) is 0 Å². The van der Waals surface area contributed by atoms with Gasteiger partial charge in [-0.2, -0.15) is 0 Å². The molecule has 0 heterocycles. The van der Waals surface area contributed by atoms with Gasteiger partial charge in [0.25, 0.3) is 0 Å². The molecule has 2 rings (SSSR count). The number of rotatable bonds is 8. The van der Waals surface area contributed by atoms with Crippen LogP contribution < -0.4 is 5.32 Å². The van der Waals surface area contributed by atoms with E-state index in [0.29, 0.717) is 6.04 Å². The largest absolute Gasteiger partial charge is 0.310 e. The number of hydrogen-bond acceptors (Lipinski definition) is 2. The molecule has 1 aromatic carbocycles. The van der Waals surface area contributed by atoms with Crippen LogP contribution in [0.1, 0.15) is 65.0 Å². The SMILES string of the molecule is CCCCN(C1CC1)C(CNC(C)(C)C)c1ccccc1. The van der Waals surface area contributed by atoms with Crippen molar-refractivity contribution in [2.75, 3.05) is 13.1 Å². The molecule has 0 aromatic heterocycles. The van der Waals surface area contributed by atoms with Gasteiger partial charge in [0.15, 0.2) is 0 Å². The highest BCUT2D eigenvalue weighted by atomic mass is 15.2. The molecule has 21 heavy (non-hydrogen) atoms. The second-order valence-electron chi connectivity index (χ2n) is 7.38. The number of nitrogens with one attached hydrogen (secondary N) is 1. The Morgan fingerprint density at radius 3 is 2.38 bits per heavy atom. The predicted octanol–water partition coefficient (Wildman–Crippen LogP) is 4.38. The first kappa shape index (κ1) is 16.5. The molecule has 0 aliphatic heterocycles. The van der Waals surface area contributed by atoms with Crippen LogP contribution in [0.25, 0.3) is 0 Å². The van der Waals surface area contributed by atoms with Crippen LogP contribution in [-0.4, -0.2) is 29.6 Å². The molecule has 1 unspecified atom stereocenters. The van der Waals surface area contributed by atoms with E-state index in [0.717, 1.165) is 12.6 Å². The van der Waals surface area contributed by atoms with Gasteiger partial charge in [-0.15, -0.1) is 0 Å². The summed E-state index contributed by atoms with van der Waals surface area (Å²) in [6, 6.07) is 12.3. The monoisotopic (exact) mass is 288 g/mol. The second kappa shape index (κ2) is 7.42. The molecule has 118 valence electrons. The van der Waals surface area contributed by atoms with Crippen LogP contribution in [0.15, 0.2) is 30.3 Å². The Morgan fingerprint density at radius 2 is 1.86 bits per heavy atom. The number of hydrogen-bond donors (Lipinski definition) is 1. The normalized spacial score (nSPS) is 17.2. The van der Waals surface area contributed by atoms with Crippen molar-refractivity contribution in [2.45, 2.75) is 71.0 Å². The van der Waals surface area contributed by atoms with Gasteiger partial charge in [0.05, 0.1) is 0 Å². The summed E-state index contributed by atoms with van der Waals surface area (Å²) in [4.78, 5) is 2.75. The lowest BCUT2D eigenvalue weighted by Gasteiger charge is -2.35. The topological polar surface area (TPSA) is 15.3 Å². The standard InChI is InChI=1S/C19H32N2/c1-5-6-14-21(17-12-13-17)18(15-20-19(2,3)4)16-10-8-7-9-11-16/h7-11,17-18,20H,5-6,12-15H2,1-4H3. The van der Waals surface area contributed by atoms with E-state index in [2.05, 4.69) is 68.2 Å². The van der Waals surface area contributed by atoms with E-state index in [-0.39, 0.29) is 5.54 Å². The van der Waals surface area contributed by atoms with Crippen molar-refractivity contribution >= 4 is 0 Å². The highest BCUT2D eigenvalue weighted by molar-refractivity contribution is 5.20. The third-order valence-electron chi connectivity index (χ3n) is 4.20. The summed E-state index contributed by atoms with van der Waals surface area (Å²) < 4.78 is 0. The van der Waals surface area contributed by atoms with E-state index < -0.39 is 0 Å². The molecule has 1 N–H and O–H groups in total. The van der Waals surface area contributed by atoms with Crippen LogP contribution in [0.4, 0.5) is 0 Å². The van der Waals surface area contributed by atoms with E-state index in [1.807, 2.05) is 0 Å². The van der Waals surface area contributed by atoms with Crippen LogP contribution in [0.5, 0.6) is 0 Å². The first-order chi connectivity index (χ1) is 10.0. The van der Waals surface area contributed by atoms with E-state index in [1.165, 1.54) is 37.8 Å². The Balaban J connectivity index is 2.13. The quantitative estimate of drug-likeness (QED) is 0.763. The third-order valence-corrected chi connectivity index (χ3v) is 4.20. The van der Waals surface area contributed by atoms with Crippen LogP contribution in [0.3, 0.4) is 0 Å². The minimum atomic E-state index is 0.174. The molecule has 1 aromatic rings. The zero-order valence-electron chi connectivity index (χ0n) is 14.2. The second-order valence-corrected chi connectivity index (χ2v) is 7.38. The fourth-order valence-electron chi connectivity index (χ4n) is 2.84. The molecule has 1 fully saturated rings. The summed E-state index contributed by atoms with van der Waals surface area (Å²) in [5.41, 5.74) is 1.63. The molecular weight excluding hydrogens is 256 g/mol. The van der Waals surface area contributed by atoms with Crippen molar-refractivity contribution in [2.24, 2.45) is 0 Å². The van der Waals surface area contributed by atoms with Gasteiger partial charge in [-0.1, -0.05) is 43.7 Å². The smallest absolute Gasteiger partial charge is 0.0475 e. The molecule has 2 heteroatoms. The molecular formula is C19H32N2. The van der Waals surface area contributed by atoms with Gasteiger partial charge in [0.2, 0.25) is 0 Å². The number of nitrogens with zero attached hydrogens (tertiary/aromatic N) is 1. The predicted molar refractivity (Wildman–Crippen MR) is 91.6 cm³/mol. The van der Waals surface area contributed by atoms with Gasteiger partial charge in [-0.25, -0.2) is 0 Å². The Bertz CT molecular complexity index is 403. The maximum atomic E-state index is 3.72. The molecule has 1 aliphatic rings. The van der Waals surface area contributed by atoms with Gasteiger partial charge in [0.1, 0.15) is 0 Å². The van der Waals surface area contributed by atoms with E-state index in [4.69, 9.17) is 0 Å².